The number of rotatable bonds is 7. The van der Waals surface area contributed by atoms with Crippen molar-refractivity contribution >= 4 is 17.5 Å². The molecule has 0 fully saturated rings. The van der Waals surface area contributed by atoms with Gasteiger partial charge in [0.15, 0.2) is 29.7 Å². The van der Waals surface area contributed by atoms with E-state index in [1.807, 2.05) is 6.07 Å². The van der Waals surface area contributed by atoms with E-state index in [4.69, 9.17) is 14.2 Å². The van der Waals surface area contributed by atoms with Crippen molar-refractivity contribution in [2.45, 2.75) is 19.3 Å². The summed E-state index contributed by atoms with van der Waals surface area (Å²) in [5.74, 6) is 0.0516. The van der Waals surface area contributed by atoms with Gasteiger partial charge in [-0.25, -0.2) is 0 Å². The van der Waals surface area contributed by atoms with Gasteiger partial charge in [0.05, 0.1) is 19.6 Å². The van der Waals surface area contributed by atoms with E-state index in [0.717, 1.165) is 6.42 Å². The third kappa shape index (κ3) is 5.17. The van der Waals surface area contributed by atoms with Crippen molar-refractivity contribution < 1.29 is 28.6 Å². The van der Waals surface area contributed by atoms with Gasteiger partial charge in [-0.1, -0.05) is 30.3 Å². The SMILES string of the molecule is O=C(CCC(=O)c1ccccc1)OCC(=O)c1ccc2c(c1)OCCCO2. The van der Waals surface area contributed by atoms with Crippen LogP contribution in [0.5, 0.6) is 11.5 Å². The van der Waals surface area contributed by atoms with E-state index in [-0.39, 0.29) is 31.0 Å². The number of esters is 1. The number of carbonyl (C=O) groups excluding carboxylic acids is 3. The predicted octanol–water partition coefficient (Wildman–Crippen LogP) is 3.24. The van der Waals surface area contributed by atoms with Crippen LogP contribution in [0, 0.1) is 0 Å². The lowest BCUT2D eigenvalue weighted by molar-refractivity contribution is -0.142. The lowest BCUT2D eigenvalue weighted by atomic mass is 10.1. The van der Waals surface area contributed by atoms with Crippen molar-refractivity contribution in [2.75, 3.05) is 19.8 Å². The zero-order valence-electron chi connectivity index (χ0n) is 14.8. The van der Waals surface area contributed by atoms with Gasteiger partial charge >= 0.3 is 5.97 Å². The number of ether oxygens (including phenoxy) is 3. The highest BCUT2D eigenvalue weighted by Crippen LogP contribution is 2.30. The van der Waals surface area contributed by atoms with Gasteiger partial charge in [-0.05, 0) is 18.2 Å². The second kappa shape index (κ2) is 8.98. The molecule has 0 spiro atoms. The second-order valence-corrected chi connectivity index (χ2v) is 6.09. The predicted molar refractivity (Wildman–Crippen MR) is 97.3 cm³/mol. The molecule has 6 nitrogen and oxygen atoms in total. The summed E-state index contributed by atoms with van der Waals surface area (Å²) in [4.78, 5) is 36.0. The van der Waals surface area contributed by atoms with Gasteiger partial charge in [-0.2, -0.15) is 0 Å². The van der Waals surface area contributed by atoms with Gasteiger partial charge in [0.1, 0.15) is 0 Å². The number of hydrogen-bond donors (Lipinski definition) is 0. The minimum absolute atomic E-state index is 0.0427. The summed E-state index contributed by atoms with van der Waals surface area (Å²) in [6.07, 6.45) is 0.750. The lowest BCUT2D eigenvalue weighted by Gasteiger charge is -2.09. The quantitative estimate of drug-likeness (QED) is 0.551. The normalized spacial score (nSPS) is 12.7. The maximum Gasteiger partial charge on any atom is 0.306 e. The molecule has 1 aliphatic heterocycles. The molecule has 2 aromatic carbocycles. The summed E-state index contributed by atoms with van der Waals surface area (Å²) in [5, 5.41) is 0. The Morgan fingerprint density at radius 1 is 0.815 bits per heavy atom. The standard InChI is InChI=1S/C21H20O6/c22-17(15-5-2-1-3-6-15)8-10-21(24)27-14-18(23)16-7-9-19-20(13-16)26-12-4-11-25-19/h1-3,5-7,9,13H,4,8,10-12,14H2. The summed E-state index contributed by atoms with van der Waals surface area (Å²) in [7, 11) is 0. The van der Waals surface area contributed by atoms with Crippen LogP contribution in [0.1, 0.15) is 40.0 Å². The maximum absolute atomic E-state index is 12.2. The van der Waals surface area contributed by atoms with Crippen LogP contribution in [-0.2, 0) is 9.53 Å². The third-order valence-electron chi connectivity index (χ3n) is 4.09. The molecule has 0 bridgehead atoms. The molecule has 0 unspecified atom stereocenters. The highest BCUT2D eigenvalue weighted by Gasteiger charge is 2.16. The first kappa shape index (κ1) is 18.6. The fraction of sp³-hybridized carbons (Fsp3) is 0.286. The Hall–Kier alpha value is -3.15. The number of hydrogen-bond acceptors (Lipinski definition) is 6. The Kier molecular flexibility index (Phi) is 6.20. The molecule has 3 rings (SSSR count). The highest BCUT2D eigenvalue weighted by molar-refractivity contribution is 5.99. The Morgan fingerprint density at radius 3 is 2.33 bits per heavy atom. The molecular weight excluding hydrogens is 348 g/mol. The van der Waals surface area contributed by atoms with Gasteiger partial charge in [-0.3, -0.25) is 14.4 Å². The molecule has 0 aromatic heterocycles. The molecule has 27 heavy (non-hydrogen) atoms. The number of ketones is 2. The van der Waals surface area contributed by atoms with Crippen LogP contribution in [0.2, 0.25) is 0 Å². The average Bonchev–Trinajstić information content (AvgIpc) is 2.95. The second-order valence-electron chi connectivity index (χ2n) is 6.09. The molecular formula is C21H20O6. The first-order chi connectivity index (χ1) is 13.1. The molecule has 1 heterocycles. The summed E-state index contributed by atoms with van der Waals surface area (Å²) in [6.45, 7) is 0.715. The summed E-state index contributed by atoms with van der Waals surface area (Å²) in [6, 6.07) is 13.6. The Balaban J connectivity index is 1.48. The van der Waals surface area contributed by atoms with Crippen LogP contribution in [0.3, 0.4) is 0 Å². The molecule has 0 aliphatic carbocycles. The zero-order valence-corrected chi connectivity index (χ0v) is 14.8. The van der Waals surface area contributed by atoms with Crippen molar-refractivity contribution in [1.29, 1.82) is 0 Å². The van der Waals surface area contributed by atoms with Crippen molar-refractivity contribution in [1.82, 2.24) is 0 Å². The molecule has 0 N–H and O–H groups in total. The first-order valence-electron chi connectivity index (χ1n) is 8.80. The molecule has 140 valence electrons. The molecule has 0 saturated carbocycles. The number of fused-ring (bicyclic) bond motifs is 1. The molecule has 0 atom stereocenters. The average molecular weight is 368 g/mol. The van der Waals surface area contributed by atoms with Gasteiger partial charge in [0.2, 0.25) is 0 Å². The van der Waals surface area contributed by atoms with E-state index >= 15 is 0 Å². The van der Waals surface area contributed by atoms with E-state index in [1.54, 1.807) is 42.5 Å². The summed E-state index contributed by atoms with van der Waals surface area (Å²) < 4.78 is 16.1. The lowest BCUT2D eigenvalue weighted by Crippen LogP contribution is -2.15. The number of benzene rings is 2. The van der Waals surface area contributed by atoms with Crippen molar-refractivity contribution in [2.24, 2.45) is 0 Å². The smallest absolute Gasteiger partial charge is 0.306 e. The van der Waals surface area contributed by atoms with Crippen LogP contribution in [0.4, 0.5) is 0 Å². The van der Waals surface area contributed by atoms with Gasteiger partial charge in [0.25, 0.3) is 0 Å². The minimum atomic E-state index is -0.582. The monoisotopic (exact) mass is 368 g/mol. The highest BCUT2D eigenvalue weighted by atomic mass is 16.5. The van der Waals surface area contributed by atoms with Crippen LogP contribution in [0.15, 0.2) is 48.5 Å². The minimum Gasteiger partial charge on any atom is -0.490 e. The molecule has 1 aliphatic rings. The molecule has 0 radical (unpaired) electrons. The fourth-order valence-electron chi connectivity index (χ4n) is 2.62. The topological polar surface area (TPSA) is 78.9 Å². The summed E-state index contributed by atoms with van der Waals surface area (Å²) >= 11 is 0. The zero-order chi connectivity index (χ0) is 19.1. The van der Waals surface area contributed by atoms with Gasteiger partial charge < -0.3 is 14.2 Å². The Labute approximate surface area is 157 Å². The maximum atomic E-state index is 12.2. The molecule has 2 aromatic rings. The van der Waals surface area contributed by atoms with Gasteiger partial charge in [-0.15, -0.1) is 0 Å². The van der Waals surface area contributed by atoms with E-state index < -0.39 is 5.97 Å². The van der Waals surface area contributed by atoms with E-state index in [9.17, 15) is 14.4 Å². The Morgan fingerprint density at radius 2 is 1.56 bits per heavy atom. The number of Topliss-reactive ketones (excluding diaryl/α,β-unsaturated/α-hetero) is 2. The first-order valence-corrected chi connectivity index (χ1v) is 8.80. The largest absolute Gasteiger partial charge is 0.490 e. The van der Waals surface area contributed by atoms with E-state index in [2.05, 4.69) is 0 Å². The molecule has 0 saturated heterocycles. The van der Waals surface area contributed by atoms with Crippen molar-refractivity contribution in [3.8, 4) is 11.5 Å². The fourth-order valence-corrected chi connectivity index (χ4v) is 2.62. The van der Waals surface area contributed by atoms with E-state index in [1.165, 1.54) is 0 Å². The van der Waals surface area contributed by atoms with Crippen LogP contribution < -0.4 is 9.47 Å². The summed E-state index contributed by atoms with van der Waals surface area (Å²) in [5.41, 5.74) is 0.931. The van der Waals surface area contributed by atoms with Crippen molar-refractivity contribution in [3.63, 3.8) is 0 Å². The van der Waals surface area contributed by atoms with Gasteiger partial charge in [0, 0.05) is 24.0 Å². The van der Waals surface area contributed by atoms with Crippen LogP contribution in [0.25, 0.3) is 0 Å². The molecule has 0 amide bonds. The van der Waals surface area contributed by atoms with Crippen LogP contribution in [-0.4, -0.2) is 37.4 Å². The van der Waals surface area contributed by atoms with E-state index in [0.29, 0.717) is 35.8 Å². The van der Waals surface area contributed by atoms with Crippen LogP contribution >= 0.6 is 0 Å². The number of carbonyl (C=O) groups is 3. The van der Waals surface area contributed by atoms with Crippen molar-refractivity contribution in [3.05, 3.63) is 59.7 Å². The Bertz CT molecular complexity index is 828. The molecule has 6 heteroatoms. The third-order valence-corrected chi connectivity index (χ3v) is 4.09.